The second-order valence-electron chi connectivity index (χ2n) is 4.23. The molecule has 2 rings (SSSR count). The van der Waals surface area contributed by atoms with Crippen LogP contribution in [0.5, 0.6) is 0 Å². The van der Waals surface area contributed by atoms with Crippen LogP contribution in [0.2, 0.25) is 0 Å². The van der Waals surface area contributed by atoms with Crippen LogP contribution in [0.15, 0.2) is 54.6 Å². The Bertz CT molecular complexity index is 540. The zero-order valence-corrected chi connectivity index (χ0v) is 12.7. The van der Waals surface area contributed by atoms with Crippen LogP contribution in [0.3, 0.4) is 0 Å². The number of hydrogen-bond donors (Lipinski definition) is 2. The molecule has 2 aromatic carbocycles. The quantitative estimate of drug-likeness (QED) is 0.810. The Balaban J connectivity index is 1.94. The summed E-state index contributed by atoms with van der Waals surface area (Å²) in [7, 11) is 0. The third-order valence-electron chi connectivity index (χ3n) is 2.66. The summed E-state index contributed by atoms with van der Waals surface area (Å²) in [5.41, 5.74) is 1.75. The highest BCUT2D eigenvalue weighted by atomic mass is 127. The Labute approximate surface area is 126 Å². The van der Waals surface area contributed by atoms with E-state index in [4.69, 9.17) is 0 Å². The molecule has 0 saturated carbocycles. The number of halogens is 1. The van der Waals surface area contributed by atoms with E-state index in [9.17, 15) is 4.79 Å². The molecule has 0 aromatic heterocycles. The van der Waals surface area contributed by atoms with Gasteiger partial charge < -0.3 is 10.6 Å². The molecule has 2 aromatic rings. The maximum atomic E-state index is 12.0. The van der Waals surface area contributed by atoms with Crippen molar-refractivity contribution < 1.29 is 4.79 Å². The van der Waals surface area contributed by atoms with Gasteiger partial charge in [0.25, 0.3) is 0 Å². The van der Waals surface area contributed by atoms with Crippen molar-refractivity contribution in [1.29, 1.82) is 0 Å². The Morgan fingerprint density at radius 2 is 1.63 bits per heavy atom. The molecule has 0 heterocycles. The van der Waals surface area contributed by atoms with Gasteiger partial charge in [-0.2, -0.15) is 0 Å². The molecule has 2 N–H and O–H groups in total. The lowest BCUT2D eigenvalue weighted by Gasteiger charge is -2.15. The maximum Gasteiger partial charge on any atom is 0.246 e. The molecule has 0 aliphatic carbocycles. The first-order valence-electron chi connectivity index (χ1n) is 6.03. The van der Waals surface area contributed by atoms with Gasteiger partial charge in [-0.25, -0.2) is 0 Å². The van der Waals surface area contributed by atoms with Crippen LogP contribution in [0.1, 0.15) is 6.92 Å². The Kier molecular flexibility index (Phi) is 4.79. The molecule has 1 atom stereocenters. The summed E-state index contributed by atoms with van der Waals surface area (Å²) < 4.78 is 1.17. The normalized spacial score (nSPS) is 11.7. The lowest BCUT2D eigenvalue weighted by Crippen LogP contribution is -2.31. The molecule has 0 radical (unpaired) electrons. The monoisotopic (exact) mass is 366 g/mol. The SMILES string of the molecule is C[C@@H](Nc1ccc(I)cc1)C(=O)Nc1ccccc1. The molecule has 19 heavy (non-hydrogen) atoms. The second kappa shape index (κ2) is 6.56. The fraction of sp³-hybridized carbons (Fsp3) is 0.133. The largest absolute Gasteiger partial charge is 0.374 e. The molecule has 0 aliphatic heterocycles. The van der Waals surface area contributed by atoms with Gasteiger partial charge in [0.15, 0.2) is 0 Å². The summed E-state index contributed by atoms with van der Waals surface area (Å²) in [5, 5.41) is 6.04. The topological polar surface area (TPSA) is 41.1 Å². The number of rotatable bonds is 4. The number of carbonyl (C=O) groups excluding carboxylic acids is 1. The molecule has 0 bridgehead atoms. The lowest BCUT2D eigenvalue weighted by molar-refractivity contribution is -0.116. The van der Waals surface area contributed by atoms with E-state index in [1.165, 1.54) is 3.57 Å². The van der Waals surface area contributed by atoms with Crippen molar-refractivity contribution in [1.82, 2.24) is 0 Å². The van der Waals surface area contributed by atoms with Crippen LogP contribution in [0, 0.1) is 3.57 Å². The van der Waals surface area contributed by atoms with Gasteiger partial charge in [0, 0.05) is 14.9 Å². The van der Waals surface area contributed by atoms with Crippen LogP contribution in [0.25, 0.3) is 0 Å². The zero-order valence-electron chi connectivity index (χ0n) is 10.6. The number of amides is 1. The molecule has 0 fully saturated rings. The predicted molar refractivity (Wildman–Crippen MR) is 87.3 cm³/mol. The average Bonchev–Trinajstić information content (AvgIpc) is 2.42. The van der Waals surface area contributed by atoms with E-state index in [1.54, 1.807) is 0 Å². The first-order chi connectivity index (χ1) is 9.15. The van der Waals surface area contributed by atoms with E-state index in [-0.39, 0.29) is 11.9 Å². The number of nitrogens with one attached hydrogen (secondary N) is 2. The smallest absolute Gasteiger partial charge is 0.246 e. The van der Waals surface area contributed by atoms with Crippen molar-refractivity contribution in [3.8, 4) is 0 Å². The Morgan fingerprint density at radius 1 is 1.00 bits per heavy atom. The Hall–Kier alpha value is -1.56. The Morgan fingerprint density at radius 3 is 2.26 bits per heavy atom. The standard InChI is InChI=1S/C15H15IN2O/c1-11(17-14-9-7-12(16)8-10-14)15(19)18-13-5-3-2-4-6-13/h2-11,17H,1H3,(H,18,19)/t11-/m1/s1. The first kappa shape index (κ1) is 13.9. The molecule has 98 valence electrons. The highest BCUT2D eigenvalue weighted by Gasteiger charge is 2.12. The van der Waals surface area contributed by atoms with Gasteiger partial charge >= 0.3 is 0 Å². The van der Waals surface area contributed by atoms with Crippen LogP contribution in [-0.2, 0) is 4.79 Å². The third kappa shape index (κ3) is 4.24. The van der Waals surface area contributed by atoms with Crippen molar-refractivity contribution in [3.63, 3.8) is 0 Å². The molecule has 4 heteroatoms. The first-order valence-corrected chi connectivity index (χ1v) is 7.11. The minimum absolute atomic E-state index is 0.0512. The number of carbonyl (C=O) groups is 1. The number of benzene rings is 2. The summed E-state index contributed by atoms with van der Waals surface area (Å²) in [5.74, 6) is -0.0512. The van der Waals surface area contributed by atoms with Crippen LogP contribution >= 0.6 is 22.6 Å². The average molecular weight is 366 g/mol. The van der Waals surface area contributed by atoms with Crippen LogP contribution in [0.4, 0.5) is 11.4 Å². The van der Waals surface area contributed by atoms with E-state index in [2.05, 4.69) is 33.2 Å². The van der Waals surface area contributed by atoms with Crippen molar-refractivity contribution in [2.75, 3.05) is 10.6 Å². The second-order valence-corrected chi connectivity index (χ2v) is 5.47. The molecule has 0 unspecified atom stereocenters. The van der Waals surface area contributed by atoms with E-state index in [0.29, 0.717) is 0 Å². The van der Waals surface area contributed by atoms with E-state index in [0.717, 1.165) is 11.4 Å². The van der Waals surface area contributed by atoms with Gasteiger partial charge in [-0.05, 0) is 65.9 Å². The van der Waals surface area contributed by atoms with E-state index >= 15 is 0 Å². The molecule has 0 aliphatic rings. The molecule has 0 spiro atoms. The molecule has 0 saturated heterocycles. The third-order valence-corrected chi connectivity index (χ3v) is 3.38. The van der Waals surface area contributed by atoms with Crippen molar-refractivity contribution in [2.45, 2.75) is 13.0 Å². The van der Waals surface area contributed by atoms with Gasteiger partial charge in [-0.15, -0.1) is 0 Å². The van der Waals surface area contributed by atoms with Crippen LogP contribution in [-0.4, -0.2) is 11.9 Å². The number of para-hydroxylation sites is 1. The van der Waals surface area contributed by atoms with Gasteiger partial charge in [0.1, 0.15) is 6.04 Å². The minimum atomic E-state index is -0.291. The van der Waals surface area contributed by atoms with Crippen LogP contribution < -0.4 is 10.6 Å². The number of hydrogen-bond acceptors (Lipinski definition) is 2. The van der Waals surface area contributed by atoms with Crippen molar-refractivity contribution >= 4 is 39.9 Å². The number of anilines is 2. The van der Waals surface area contributed by atoms with Crippen molar-refractivity contribution in [2.24, 2.45) is 0 Å². The predicted octanol–water partition coefficient (Wildman–Crippen LogP) is 3.73. The molecular weight excluding hydrogens is 351 g/mol. The van der Waals surface area contributed by atoms with Gasteiger partial charge in [0.2, 0.25) is 5.91 Å². The van der Waals surface area contributed by atoms with E-state index < -0.39 is 0 Å². The fourth-order valence-electron chi connectivity index (χ4n) is 1.63. The highest BCUT2D eigenvalue weighted by molar-refractivity contribution is 14.1. The molecule has 1 amide bonds. The summed E-state index contributed by atoms with van der Waals surface area (Å²) >= 11 is 2.25. The highest BCUT2D eigenvalue weighted by Crippen LogP contribution is 2.13. The maximum absolute atomic E-state index is 12.0. The zero-order chi connectivity index (χ0) is 13.7. The van der Waals surface area contributed by atoms with Gasteiger partial charge in [-0.3, -0.25) is 4.79 Å². The summed E-state index contributed by atoms with van der Waals surface area (Å²) in [6.07, 6.45) is 0. The minimum Gasteiger partial charge on any atom is -0.374 e. The molecular formula is C15H15IN2O. The molecule has 3 nitrogen and oxygen atoms in total. The van der Waals surface area contributed by atoms with E-state index in [1.807, 2.05) is 61.5 Å². The fourth-order valence-corrected chi connectivity index (χ4v) is 1.99. The van der Waals surface area contributed by atoms with Gasteiger partial charge in [-0.1, -0.05) is 18.2 Å². The lowest BCUT2D eigenvalue weighted by atomic mass is 10.2. The van der Waals surface area contributed by atoms with Crippen molar-refractivity contribution in [3.05, 3.63) is 58.2 Å². The summed E-state index contributed by atoms with van der Waals surface area (Å²) in [6.45, 7) is 1.84. The summed E-state index contributed by atoms with van der Waals surface area (Å²) in [4.78, 5) is 12.0. The van der Waals surface area contributed by atoms with Gasteiger partial charge in [0.05, 0.1) is 0 Å². The summed E-state index contributed by atoms with van der Waals surface area (Å²) in [6, 6.07) is 17.1.